The average molecular weight is 454 g/mol. The van der Waals surface area contributed by atoms with E-state index in [2.05, 4.69) is 10.6 Å². The molecule has 0 saturated heterocycles. The van der Waals surface area contributed by atoms with Crippen LogP contribution in [0.1, 0.15) is 77.3 Å². The summed E-state index contributed by atoms with van der Waals surface area (Å²) in [7, 11) is 3.12. The molecule has 2 aliphatic rings. The van der Waals surface area contributed by atoms with E-state index in [1.54, 1.807) is 44.8 Å². The number of amides is 2. The molecular formula is C25H31N3O5. The second-order valence-electron chi connectivity index (χ2n) is 8.76. The van der Waals surface area contributed by atoms with E-state index in [1.165, 1.54) is 6.42 Å². The topological polar surface area (TPSA) is 98.7 Å². The third-order valence-electron chi connectivity index (χ3n) is 6.38. The van der Waals surface area contributed by atoms with E-state index in [-0.39, 0.29) is 29.8 Å². The quantitative estimate of drug-likeness (QED) is 0.640. The maximum Gasteiger partial charge on any atom is 0.257 e. The van der Waals surface area contributed by atoms with Crippen LogP contribution >= 0.6 is 0 Å². The Morgan fingerprint density at radius 3 is 2.30 bits per heavy atom. The molecule has 0 radical (unpaired) electrons. The zero-order valence-corrected chi connectivity index (χ0v) is 19.2. The van der Waals surface area contributed by atoms with Crippen molar-refractivity contribution in [1.29, 1.82) is 0 Å². The molecule has 2 N–H and O–H groups in total. The van der Waals surface area contributed by atoms with Gasteiger partial charge in [0.15, 0.2) is 0 Å². The Hall–Kier alpha value is -3.29. The fourth-order valence-corrected chi connectivity index (χ4v) is 4.27. The van der Waals surface area contributed by atoms with Gasteiger partial charge in [-0.1, -0.05) is 19.3 Å². The van der Waals surface area contributed by atoms with Crippen molar-refractivity contribution in [2.24, 2.45) is 0 Å². The molecular weight excluding hydrogens is 422 g/mol. The van der Waals surface area contributed by atoms with Crippen molar-refractivity contribution >= 4 is 11.8 Å². The largest absolute Gasteiger partial charge is 0.497 e. The van der Waals surface area contributed by atoms with Gasteiger partial charge in [0, 0.05) is 42.7 Å². The van der Waals surface area contributed by atoms with Gasteiger partial charge in [-0.05, 0) is 37.8 Å². The van der Waals surface area contributed by atoms with Crippen LogP contribution in [-0.4, -0.2) is 36.6 Å². The van der Waals surface area contributed by atoms with Gasteiger partial charge in [0.05, 0.1) is 14.2 Å². The van der Waals surface area contributed by atoms with E-state index in [4.69, 9.17) is 9.47 Å². The lowest BCUT2D eigenvalue weighted by atomic mass is 9.95. The van der Waals surface area contributed by atoms with Crippen LogP contribution in [0, 0.1) is 0 Å². The van der Waals surface area contributed by atoms with E-state index >= 15 is 0 Å². The Morgan fingerprint density at radius 1 is 0.970 bits per heavy atom. The summed E-state index contributed by atoms with van der Waals surface area (Å²) in [6.45, 7) is 0.174. The minimum Gasteiger partial charge on any atom is -0.497 e. The normalized spacial score (nSPS) is 16.2. The minimum atomic E-state index is -0.542. The lowest BCUT2D eigenvalue weighted by Gasteiger charge is -2.25. The highest BCUT2D eigenvalue weighted by Crippen LogP contribution is 2.28. The van der Waals surface area contributed by atoms with E-state index < -0.39 is 17.2 Å². The van der Waals surface area contributed by atoms with Crippen LogP contribution in [-0.2, 0) is 6.54 Å². The van der Waals surface area contributed by atoms with Crippen LogP contribution in [0.15, 0.2) is 35.4 Å². The summed E-state index contributed by atoms with van der Waals surface area (Å²) in [4.78, 5) is 39.0. The summed E-state index contributed by atoms with van der Waals surface area (Å²) < 4.78 is 12.5. The van der Waals surface area contributed by atoms with Crippen molar-refractivity contribution in [2.75, 3.05) is 14.2 Å². The van der Waals surface area contributed by atoms with Gasteiger partial charge < -0.3 is 24.7 Å². The van der Waals surface area contributed by atoms with Gasteiger partial charge in [-0.3, -0.25) is 14.4 Å². The van der Waals surface area contributed by atoms with E-state index in [9.17, 15) is 14.4 Å². The van der Waals surface area contributed by atoms with Gasteiger partial charge in [0.2, 0.25) is 5.43 Å². The number of hydrogen-bond donors (Lipinski definition) is 2. The molecule has 1 aromatic heterocycles. The average Bonchev–Trinajstić information content (AvgIpc) is 3.67. The number of pyridine rings is 1. The second-order valence-corrected chi connectivity index (χ2v) is 8.76. The molecule has 2 amide bonds. The molecule has 2 fully saturated rings. The van der Waals surface area contributed by atoms with Gasteiger partial charge in [0.25, 0.3) is 11.8 Å². The van der Waals surface area contributed by atoms with Crippen molar-refractivity contribution in [3.8, 4) is 11.5 Å². The highest BCUT2D eigenvalue weighted by atomic mass is 16.5. The highest BCUT2D eigenvalue weighted by Gasteiger charge is 2.27. The van der Waals surface area contributed by atoms with Crippen LogP contribution in [0.25, 0.3) is 0 Å². The number of carbonyl (C=O) groups excluding carboxylic acids is 2. The Bertz CT molecular complexity index is 1080. The Morgan fingerprint density at radius 2 is 1.67 bits per heavy atom. The first-order valence-corrected chi connectivity index (χ1v) is 11.6. The van der Waals surface area contributed by atoms with E-state index in [0.29, 0.717) is 11.5 Å². The standard InChI is InChI=1S/C25H31N3O5/c1-32-19-11-8-16(22(12-19)33-2)13-26-24(30)20-14-28(18-6-4-3-5-7-18)15-21(23(20)29)25(31)27-17-9-10-17/h8,11-12,14-15,17-18H,3-7,9-10,13H2,1-2H3,(H,26,30)(H,27,31). The Labute approximate surface area is 193 Å². The smallest absolute Gasteiger partial charge is 0.257 e. The molecule has 8 nitrogen and oxygen atoms in total. The highest BCUT2D eigenvalue weighted by molar-refractivity contribution is 5.99. The van der Waals surface area contributed by atoms with Crippen LogP contribution in [0.5, 0.6) is 11.5 Å². The molecule has 2 aromatic rings. The summed E-state index contributed by atoms with van der Waals surface area (Å²) in [6, 6.07) is 5.63. The molecule has 0 bridgehead atoms. The van der Waals surface area contributed by atoms with Crippen molar-refractivity contribution in [1.82, 2.24) is 15.2 Å². The number of methoxy groups -OCH3 is 2. The molecule has 2 aliphatic carbocycles. The maximum absolute atomic E-state index is 13.1. The molecule has 0 atom stereocenters. The third kappa shape index (κ3) is 5.38. The number of aromatic nitrogens is 1. The lowest BCUT2D eigenvalue weighted by Crippen LogP contribution is -2.36. The fraction of sp³-hybridized carbons (Fsp3) is 0.480. The van der Waals surface area contributed by atoms with Gasteiger partial charge >= 0.3 is 0 Å². The van der Waals surface area contributed by atoms with Crippen LogP contribution in [0.3, 0.4) is 0 Å². The summed E-state index contributed by atoms with van der Waals surface area (Å²) in [5.41, 5.74) is 0.222. The van der Waals surface area contributed by atoms with E-state index in [1.807, 2.05) is 4.57 Å². The van der Waals surface area contributed by atoms with Gasteiger partial charge in [0.1, 0.15) is 22.6 Å². The number of carbonyl (C=O) groups is 2. The Balaban J connectivity index is 1.60. The monoisotopic (exact) mass is 453 g/mol. The number of nitrogens with one attached hydrogen (secondary N) is 2. The van der Waals surface area contributed by atoms with Crippen molar-refractivity contribution in [3.05, 3.63) is 57.5 Å². The van der Waals surface area contributed by atoms with Crippen molar-refractivity contribution in [2.45, 2.75) is 63.6 Å². The zero-order valence-electron chi connectivity index (χ0n) is 19.2. The molecule has 33 heavy (non-hydrogen) atoms. The number of nitrogens with zero attached hydrogens (tertiary/aromatic N) is 1. The molecule has 0 spiro atoms. The second kappa shape index (κ2) is 10.1. The summed E-state index contributed by atoms with van der Waals surface area (Å²) >= 11 is 0. The zero-order chi connectivity index (χ0) is 23.4. The minimum absolute atomic E-state index is 0.0171. The molecule has 0 unspecified atom stereocenters. The Kier molecular flexibility index (Phi) is 7.01. The summed E-state index contributed by atoms with van der Waals surface area (Å²) in [5.74, 6) is 0.306. The van der Waals surface area contributed by atoms with Crippen LogP contribution in [0.4, 0.5) is 0 Å². The molecule has 8 heteroatoms. The van der Waals surface area contributed by atoms with Gasteiger partial charge in [-0.25, -0.2) is 0 Å². The number of rotatable bonds is 8. The van der Waals surface area contributed by atoms with Crippen LogP contribution < -0.4 is 25.5 Å². The third-order valence-corrected chi connectivity index (χ3v) is 6.38. The predicted octanol–water partition coefficient (Wildman–Crippen LogP) is 3.19. The van der Waals surface area contributed by atoms with Gasteiger partial charge in [-0.2, -0.15) is 0 Å². The molecule has 2 saturated carbocycles. The maximum atomic E-state index is 13.1. The van der Waals surface area contributed by atoms with Crippen molar-refractivity contribution in [3.63, 3.8) is 0 Å². The number of ether oxygens (including phenoxy) is 2. The van der Waals surface area contributed by atoms with Gasteiger partial charge in [-0.15, -0.1) is 0 Å². The lowest BCUT2D eigenvalue weighted by molar-refractivity contribution is 0.0947. The SMILES string of the molecule is COc1ccc(CNC(=O)c2cn(C3CCCCC3)cc(C(=O)NC3CC3)c2=O)c(OC)c1. The first-order valence-electron chi connectivity index (χ1n) is 11.6. The van der Waals surface area contributed by atoms with Crippen LogP contribution in [0.2, 0.25) is 0 Å². The fourth-order valence-electron chi connectivity index (χ4n) is 4.27. The molecule has 1 heterocycles. The molecule has 4 rings (SSSR count). The molecule has 1 aromatic carbocycles. The summed E-state index contributed by atoms with van der Waals surface area (Å²) in [5, 5.41) is 5.69. The first kappa shape index (κ1) is 22.9. The first-order chi connectivity index (χ1) is 16.0. The predicted molar refractivity (Wildman–Crippen MR) is 124 cm³/mol. The van der Waals surface area contributed by atoms with E-state index in [0.717, 1.165) is 44.1 Å². The summed E-state index contributed by atoms with van der Waals surface area (Å²) in [6.07, 6.45) is 10.4. The van der Waals surface area contributed by atoms with Crippen molar-refractivity contribution < 1.29 is 19.1 Å². The molecule has 0 aliphatic heterocycles. The molecule has 176 valence electrons. The number of hydrogen-bond acceptors (Lipinski definition) is 5. The number of benzene rings is 1.